The molecule has 1 unspecified atom stereocenters. The smallest absolute Gasteiger partial charge is 0.248 e. The second-order valence-electron chi connectivity index (χ2n) is 7.07. The molecule has 7 nitrogen and oxygen atoms in total. The molecule has 1 atom stereocenters. The number of halogens is 2. The van der Waals surface area contributed by atoms with Gasteiger partial charge in [-0.15, -0.1) is 0 Å². The van der Waals surface area contributed by atoms with E-state index in [1.165, 1.54) is 24.0 Å². The number of nitrogens with zero attached hydrogens (tertiary/aromatic N) is 2. The number of amides is 2. The normalized spacial score (nSPS) is 19.9. The molecule has 28 heavy (non-hydrogen) atoms. The van der Waals surface area contributed by atoms with E-state index < -0.39 is 18.2 Å². The molecule has 3 rings (SSSR count). The molecule has 0 bridgehead atoms. The van der Waals surface area contributed by atoms with Crippen LogP contribution in [0.15, 0.2) is 17.3 Å². The Morgan fingerprint density at radius 2 is 1.93 bits per heavy atom. The summed E-state index contributed by atoms with van der Waals surface area (Å²) in [5.74, 6) is -2.18. The van der Waals surface area contributed by atoms with Crippen molar-refractivity contribution in [3.8, 4) is 0 Å². The number of hydrogen-bond donors (Lipinski definition) is 2. The minimum absolute atomic E-state index is 0.0224. The number of aliphatic hydroxyl groups excluding tert-OH is 1. The van der Waals surface area contributed by atoms with E-state index >= 15 is 0 Å². The van der Waals surface area contributed by atoms with Crippen LogP contribution in [0.4, 0.5) is 8.78 Å². The Kier molecular flexibility index (Phi) is 6.23. The Labute approximate surface area is 161 Å². The van der Waals surface area contributed by atoms with Gasteiger partial charge in [-0.2, -0.15) is 0 Å². The predicted octanol–water partition coefficient (Wildman–Crippen LogP) is 1.29. The third-order valence-electron chi connectivity index (χ3n) is 5.12. The van der Waals surface area contributed by atoms with Gasteiger partial charge in [-0.05, 0) is 30.9 Å². The van der Waals surface area contributed by atoms with Crippen LogP contribution in [-0.4, -0.2) is 59.9 Å². The zero-order valence-corrected chi connectivity index (χ0v) is 15.6. The topological polar surface area (TPSA) is 91.2 Å². The van der Waals surface area contributed by atoms with Crippen LogP contribution in [-0.2, 0) is 14.4 Å². The van der Waals surface area contributed by atoms with Crippen LogP contribution in [0.3, 0.4) is 0 Å². The third kappa shape index (κ3) is 4.46. The van der Waals surface area contributed by atoms with E-state index in [9.17, 15) is 18.4 Å². The summed E-state index contributed by atoms with van der Waals surface area (Å²) < 4.78 is 29.4. The summed E-state index contributed by atoms with van der Waals surface area (Å²) in [5.41, 5.74) is 0.772. The summed E-state index contributed by atoms with van der Waals surface area (Å²) in [4.78, 5) is 29.2. The molecule has 0 aliphatic carbocycles. The number of carbonyl (C=O) groups excluding carboxylic acids is 2. The minimum atomic E-state index is -0.644. The SMILES string of the molecule is CC(=O)NCC1CC(c2cc(F)c(C3CCN(C(=O)CO)CC3)c(F)c2)=NO1. The van der Waals surface area contributed by atoms with Crippen LogP contribution in [0.2, 0.25) is 0 Å². The first kappa shape index (κ1) is 20.2. The largest absolute Gasteiger partial charge is 0.390 e. The zero-order chi connectivity index (χ0) is 20.3. The summed E-state index contributed by atoms with van der Waals surface area (Å²) in [6.45, 7) is 1.82. The number of piperidine rings is 1. The van der Waals surface area contributed by atoms with Crippen molar-refractivity contribution in [1.29, 1.82) is 0 Å². The van der Waals surface area contributed by atoms with Crippen molar-refractivity contribution in [3.05, 3.63) is 34.9 Å². The molecule has 1 aromatic carbocycles. The first-order valence-corrected chi connectivity index (χ1v) is 9.24. The molecule has 1 fully saturated rings. The number of rotatable bonds is 5. The molecule has 0 saturated carbocycles. The molecular weight excluding hydrogens is 372 g/mol. The maximum absolute atomic E-state index is 14.7. The second kappa shape index (κ2) is 8.64. The second-order valence-corrected chi connectivity index (χ2v) is 7.07. The molecule has 152 valence electrons. The maximum atomic E-state index is 14.7. The molecule has 1 aromatic rings. The number of nitrogens with one attached hydrogen (secondary N) is 1. The molecular formula is C19H23F2N3O4. The molecule has 2 aliphatic heterocycles. The van der Waals surface area contributed by atoms with Crippen LogP contribution in [0, 0.1) is 11.6 Å². The number of benzene rings is 1. The lowest BCUT2D eigenvalue weighted by molar-refractivity contribution is -0.135. The fourth-order valence-electron chi connectivity index (χ4n) is 3.62. The van der Waals surface area contributed by atoms with Crippen LogP contribution in [0.5, 0.6) is 0 Å². The Morgan fingerprint density at radius 1 is 1.29 bits per heavy atom. The Balaban J connectivity index is 1.67. The zero-order valence-electron chi connectivity index (χ0n) is 15.6. The predicted molar refractivity (Wildman–Crippen MR) is 96.7 cm³/mol. The summed E-state index contributed by atoms with van der Waals surface area (Å²) >= 11 is 0. The Morgan fingerprint density at radius 3 is 2.50 bits per heavy atom. The van der Waals surface area contributed by atoms with Gasteiger partial charge in [0.25, 0.3) is 0 Å². The molecule has 2 heterocycles. The lowest BCUT2D eigenvalue weighted by Crippen LogP contribution is -2.39. The van der Waals surface area contributed by atoms with Gasteiger partial charge in [0, 0.05) is 37.6 Å². The Hall–Kier alpha value is -2.55. The molecule has 0 radical (unpaired) electrons. The van der Waals surface area contributed by atoms with Crippen LogP contribution >= 0.6 is 0 Å². The number of aliphatic hydroxyl groups is 1. The minimum Gasteiger partial charge on any atom is -0.390 e. The summed E-state index contributed by atoms with van der Waals surface area (Å²) in [6.07, 6.45) is 0.849. The monoisotopic (exact) mass is 395 g/mol. The molecule has 1 saturated heterocycles. The molecule has 2 N–H and O–H groups in total. The van der Waals surface area contributed by atoms with Crippen molar-refractivity contribution < 1.29 is 28.3 Å². The van der Waals surface area contributed by atoms with Gasteiger partial charge in [0.15, 0.2) is 0 Å². The van der Waals surface area contributed by atoms with Gasteiger partial charge in [-0.3, -0.25) is 9.59 Å². The fourth-order valence-corrected chi connectivity index (χ4v) is 3.62. The fraction of sp³-hybridized carbons (Fsp3) is 0.526. The number of likely N-dealkylation sites (tertiary alicyclic amines) is 1. The highest BCUT2D eigenvalue weighted by Crippen LogP contribution is 2.33. The maximum Gasteiger partial charge on any atom is 0.248 e. The van der Waals surface area contributed by atoms with E-state index in [4.69, 9.17) is 9.94 Å². The molecule has 2 aliphatic rings. The van der Waals surface area contributed by atoms with Gasteiger partial charge in [0.2, 0.25) is 11.8 Å². The van der Waals surface area contributed by atoms with Crippen LogP contribution in [0.25, 0.3) is 0 Å². The van der Waals surface area contributed by atoms with Gasteiger partial charge in [-0.25, -0.2) is 8.78 Å². The summed E-state index contributed by atoms with van der Waals surface area (Å²) in [5, 5.41) is 15.4. The van der Waals surface area contributed by atoms with E-state index in [1.54, 1.807) is 0 Å². The average molecular weight is 395 g/mol. The van der Waals surface area contributed by atoms with Crippen molar-refractivity contribution in [2.45, 2.75) is 38.2 Å². The third-order valence-corrected chi connectivity index (χ3v) is 5.12. The van der Waals surface area contributed by atoms with Gasteiger partial charge < -0.3 is 20.2 Å². The number of oxime groups is 1. The molecule has 0 spiro atoms. The highest BCUT2D eigenvalue weighted by molar-refractivity contribution is 6.01. The highest BCUT2D eigenvalue weighted by atomic mass is 19.1. The van der Waals surface area contributed by atoms with Crippen molar-refractivity contribution >= 4 is 17.5 Å². The first-order chi connectivity index (χ1) is 13.4. The highest BCUT2D eigenvalue weighted by Gasteiger charge is 2.29. The van der Waals surface area contributed by atoms with Gasteiger partial charge in [-0.1, -0.05) is 5.16 Å². The van der Waals surface area contributed by atoms with E-state index in [0.29, 0.717) is 43.6 Å². The van der Waals surface area contributed by atoms with Crippen LogP contribution < -0.4 is 5.32 Å². The van der Waals surface area contributed by atoms with Crippen molar-refractivity contribution in [2.24, 2.45) is 5.16 Å². The number of carbonyl (C=O) groups is 2. The lowest BCUT2D eigenvalue weighted by Gasteiger charge is -2.32. The molecule has 0 aromatic heterocycles. The quantitative estimate of drug-likeness (QED) is 0.786. The van der Waals surface area contributed by atoms with Crippen molar-refractivity contribution in [3.63, 3.8) is 0 Å². The van der Waals surface area contributed by atoms with E-state index in [-0.39, 0.29) is 35.9 Å². The van der Waals surface area contributed by atoms with Crippen molar-refractivity contribution in [2.75, 3.05) is 26.2 Å². The number of hydrogen-bond acceptors (Lipinski definition) is 5. The van der Waals surface area contributed by atoms with Crippen LogP contribution in [0.1, 0.15) is 43.2 Å². The van der Waals surface area contributed by atoms with Gasteiger partial charge >= 0.3 is 0 Å². The summed E-state index contributed by atoms with van der Waals surface area (Å²) in [6, 6.07) is 2.51. The van der Waals surface area contributed by atoms with E-state index in [0.717, 1.165) is 0 Å². The first-order valence-electron chi connectivity index (χ1n) is 9.24. The molecule has 2 amide bonds. The Bertz CT molecular complexity index is 768. The lowest BCUT2D eigenvalue weighted by atomic mass is 9.87. The molecule has 9 heteroatoms. The summed E-state index contributed by atoms with van der Waals surface area (Å²) in [7, 11) is 0. The van der Waals surface area contributed by atoms with Gasteiger partial charge in [0.1, 0.15) is 24.3 Å². The average Bonchev–Trinajstić information content (AvgIpc) is 3.15. The standard InChI is InChI=1S/C19H23F2N3O4/c1-11(26)22-9-14-8-17(23-28-14)13-6-15(20)19(16(21)7-13)12-2-4-24(5-3-12)18(27)10-25/h6-7,12,14,25H,2-5,8-10H2,1H3,(H,22,26). The van der Waals surface area contributed by atoms with Crippen molar-refractivity contribution in [1.82, 2.24) is 10.2 Å². The van der Waals surface area contributed by atoms with E-state index in [2.05, 4.69) is 10.5 Å². The van der Waals surface area contributed by atoms with Gasteiger partial charge in [0.05, 0.1) is 12.3 Å². The van der Waals surface area contributed by atoms with E-state index in [1.807, 2.05) is 0 Å².